The molecular formula is C14H30N2O2. The molecule has 0 spiro atoms. The normalized spacial score (nSPS) is 30.0. The lowest BCUT2D eigenvalue weighted by molar-refractivity contribution is 0.0835. The van der Waals surface area contributed by atoms with Gasteiger partial charge in [-0.2, -0.15) is 0 Å². The molecule has 1 saturated carbocycles. The molecule has 1 aliphatic rings. The van der Waals surface area contributed by atoms with Crippen LogP contribution in [0.25, 0.3) is 0 Å². The lowest BCUT2D eigenvalue weighted by Crippen LogP contribution is -2.49. The maximum Gasteiger partial charge on any atom is 0.0615 e. The van der Waals surface area contributed by atoms with Gasteiger partial charge in [0.15, 0.2) is 0 Å². The van der Waals surface area contributed by atoms with Gasteiger partial charge < -0.3 is 15.2 Å². The minimum atomic E-state index is -0.0538. The van der Waals surface area contributed by atoms with Gasteiger partial charge in [-0.05, 0) is 46.2 Å². The van der Waals surface area contributed by atoms with E-state index in [1.54, 1.807) is 7.11 Å². The third-order valence-corrected chi connectivity index (χ3v) is 4.31. The van der Waals surface area contributed by atoms with Gasteiger partial charge in [-0.15, -0.1) is 0 Å². The molecule has 0 aromatic carbocycles. The van der Waals surface area contributed by atoms with Gasteiger partial charge in [0.1, 0.15) is 0 Å². The Labute approximate surface area is 112 Å². The molecule has 0 amide bonds. The summed E-state index contributed by atoms with van der Waals surface area (Å²) in [4.78, 5) is 2.40. The molecule has 1 aliphatic carbocycles. The fourth-order valence-corrected chi connectivity index (χ4v) is 2.91. The van der Waals surface area contributed by atoms with Crippen LogP contribution in [-0.2, 0) is 4.74 Å². The summed E-state index contributed by atoms with van der Waals surface area (Å²) in [6.07, 6.45) is 4.37. The van der Waals surface area contributed by atoms with E-state index in [4.69, 9.17) is 4.74 Å². The number of methoxy groups -OCH3 is 1. The molecule has 4 heteroatoms. The van der Waals surface area contributed by atoms with E-state index in [1.165, 1.54) is 0 Å². The number of hydrogen-bond donors (Lipinski definition) is 2. The van der Waals surface area contributed by atoms with Crippen LogP contribution in [0.4, 0.5) is 0 Å². The van der Waals surface area contributed by atoms with Crippen LogP contribution >= 0.6 is 0 Å². The predicted molar refractivity (Wildman–Crippen MR) is 74.9 cm³/mol. The Kier molecular flexibility index (Phi) is 6.57. The van der Waals surface area contributed by atoms with Crippen LogP contribution in [-0.4, -0.2) is 61.5 Å². The highest BCUT2D eigenvalue weighted by molar-refractivity contribution is 4.99. The zero-order valence-electron chi connectivity index (χ0n) is 12.4. The molecule has 18 heavy (non-hydrogen) atoms. The van der Waals surface area contributed by atoms with Crippen molar-refractivity contribution >= 4 is 0 Å². The van der Waals surface area contributed by atoms with Gasteiger partial charge in [-0.1, -0.05) is 6.92 Å². The summed E-state index contributed by atoms with van der Waals surface area (Å²) in [7, 11) is 3.92. The van der Waals surface area contributed by atoms with Crippen LogP contribution in [0.1, 0.15) is 39.5 Å². The van der Waals surface area contributed by atoms with E-state index in [9.17, 15) is 5.11 Å². The zero-order chi connectivity index (χ0) is 13.6. The van der Waals surface area contributed by atoms with Gasteiger partial charge in [0, 0.05) is 24.7 Å². The first-order chi connectivity index (χ1) is 8.58. The average Bonchev–Trinajstić information content (AvgIpc) is 2.81. The molecule has 1 rings (SSSR count). The van der Waals surface area contributed by atoms with Crippen molar-refractivity contribution < 1.29 is 9.84 Å². The quantitative estimate of drug-likeness (QED) is 0.687. The topological polar surface area (TPSA) is 44.7 Å². The Hall–Kier alpha value is -0.160. The Morgan fingerprint density at radius 1 is 1.56 bits per heavy atom. The molecule has 0 aromatic rings. The van der Waals surface area contributed by atoms with Crippen LogP contribution in [0, 0.1) is 0 Å². The number of aliphatic hydroxyl groups excluding tert-OH is 1. The molecule has 1 fully saturated rings. The number of likely N-dealkylation sites (N-methyl/N-ethyl adjacent to an activating group) is 1. The van der Waals surface area contributed by atoms with Crippen molar-refractivity contribution in [3.63, 3.8) is 0 Å². The Morgan fingerprint density at radius 3 is 2.83 bits per heavy atom. The van der Waals surface area contributed by atoms with E-state index >= 15 is 0 Å². The molecule has 0 bridgehead atoms. The molecule has 0 heterocycles. The van der Waals surface area contributed by atoms with Crippen molar-refractivity contribution in [2.75, 3.05) is 33.9 Å². The SMILES string of the molecule is CCCNC1(CO)CCC(N(C)C(C)COC)C1. The van der Waals surface area contributed by atoms with E-state index in [2.05, 4.69) is 31.1 Å². The number of hydrogen-bond acceptors (Lipinski definition) is 4. The smallest absolute Gasteiger partial charge is 0.0615 e. The molecule has 0 aromatic heterocycles. The minimum absolute atomic E-state index is 0.0538. The van der Waals surface area contributed by atoms with Gasteiger partial charge >= 0.3 is 0 Å². The summed E-state index contributed by atoms with van der Waals surface area (Å²) in [6, 6.07) is 0.979. The number of rotatable bonds is 8. The van der Waals surface area contributed by atoms with Gasteiger partial charge in [0.25, 0.3) is 0 Å². The molecule has 108 valence electrons. The van der Waals surface area contributed by atoms with Crippen LogP contribution in [0.3, 0.4) is 0 Å². The highest BCUT2D eigenvalue weighted by Gasteiger charge is 2.40. The Morgan fingerprint density at radius 2 is 2.28 bits per heavy atom. The lowest BCUT2D eigenvalue weighted by atomic mass is 9.98. The monoisotopic (exact) mass is 258 g/mol. The minimum Gasteiger partial charge on any atom is -0.394 e. The third kappa shape index (κ3) is 3.92. The second-order valence-electron chi connectivity index (χ2n) is 5.73. The molecule has 2 N–H and O–H groups in total. The molecular weight excluding hydrogens is 228 g/mol. The predicted octanol–water partition coefficient (Wildman–Crippen LogP) is 1.24. The number of nitrogens with zero attached hydrogens (tertiary/aromatic N) is 1. The average molecular weight is 258 g/mol. The van der Waals surface area contributed by atoms with E-state index in [-0.39, 0.29) is 12.1 Å². The summed E-state index contributed by atoms with van der Waals surface area (Å²) >= 11 is 0. The van der Waals surface area contributed by atoms with Crippen LogP contribution in [0.5, 0.6) is 0 Å². The largest absolute Gasteiger partial charge is 0.394 e. The van der Waals surface area contributed by atoms with Gasteiger partial charge in [-0.25, -0.2) is 0 Å². The summed E-state index contributed by atoms with van der Waals surface area (Å²) in [5, 5.41) is 13.2. The summed E-state index contributed by atoms with van der Waals surface area (Å²) in [6.45, 7) is 6.36. The van der Waals surface area contributed by atoms with Gasteiger partial charge in [-0.3, -0.25) is 4.90 Å². The molecule has 4 nitrogen and oxygen atoms in total. The first-order valence-corrected chi connectivity index (χ1v) is 7.15. The molecule has 0 saturated heterocycles. The van der Waals surface area contributed by atoms with Crippen LogP contribution < -0.4 is 5.32 Å². The summed E-state index contributed by atoms with van der Waals surface area (Å²) in [5.74, 6) is 0. The second-order valence-corrected chi connectivity index (χ2v) is 5.73. The maximum absolute atomic E-state index is 9.68. The van der Waals surface area contributed by atoms with Crippen LogP contribution in [0.2, 0.25) is 0 Å². The Balaban J connectivity index is 2.52. The molecule has 3 unspecified atom stereocenters. The fraction of sp³-hybridized carbons (Fsp3) is 1.00. The fourth-order valence-electron chi connectivity index (χ4n) is 2.91. The number of ether oxygens (including phenoxy) is 1. The molecule has 3 atom stereocenters. The standard InChI is InChI=1S/C14H30N2O2/c1-5-8-15-14(11-17)7-6-13(9-14)16(3)12(2)10-18-4/h12-13,15,17H,5-11H2,1-4H3. The summed E-state index contributed by atoms with van der Waals surface area (Å²) < 4.78 is 5.22. The van der Waals surface area contributed by atoms with Gasteiger partial charge in [0.2, 0.25) is 0 Å². The van der Waals surface area contributed by atoms with Crippen molar-refractivity contribution in [1.29, 1.82) is 0 Å². The zero-order valence-corrected chi connectivity index (χ0v) is 12.4. The maximum atomic E-state index is 9.68. The highest BCUT2D eigenvalue weighted by Crippen LogP contribution is 2.33. The van der Waals surface area contributed by atoms with Crippen molar-refractivity contribution in [3.05, 3.63) is 0 Å². The second kappa shape index (κ2) is 7.43. The van der Waals surface area contributed by atoms with E-state index in [1.807, 2.05) is 0 Å². The molecule has 0 radical (unpaired) electrons. The first-order valence-electron chi connectivity index (χ1n) is 7.15. The number of aliphatic hydroxyl groups is 1. The van der Waals surface area contributed by atoms with Gasteiger partial charge in [0.05, 0.1) is 13.2 Å². The van der Waals surface area contributed by atoms with Crippen molar-refractivity contribution in [3.8, 4) is 0 Å². The third-order valence-electron chi connectivity index (χ3n) is 4.31. The van der Waals surface area contributed by atoms with Crippen molar-refractivity contribution in [2.45, 2.75) is 57.2 Å². The van der Waals surface area contributed by atoms with Crippen LogP contribution in [0.15, 0.2) is 0 Å². The number of nitrogens with one attached hydrogen (secondary N) is 1. The summed E-state index contributed by atoms with van der Waals surface area (Å²) in [5.41, 5.74) is -0.0538. The van der Waals surface area contributed by atoms with Crippen molar-refractivity contribution in [1.82, 2.24) is 10.2 Å². The highest BCUT2D eigenvalue weighted by atomic mass is 16.5. The van der Waals surface area contributed by atoms with E-state index < -0.39 is 0 Å². The first kappa shape index (κ1) is 15.9. The Bertz CT molecular complexity index is 238. The van der Waals surface area contributed by atoms with E-state index in [0.29, 0.717) is 12.1 Å². The van der Waals surface area contributed by atoms with E-state index in [0.717, 1.165) is 38.8 Å². The molecule has 0 aliphatic heterocycles. The van der Waals surface area contributed by atoms with Crippen molar-refractivity contribution in [2.24, 2.45) is 0 Å². The lowest BCUT2D eigenvalue weighted by Gasteiger charge is -2.33.